The topological polar surface area (TPSA) is 78.6 Å². The molecule has 1 heterocycles. The number of aromatic amines is 1. The second-order valence-corrected chi connectivity index (χ2v) is 5.57. The van der Waals surface area contributed by atoms with Crippen molar-refractivity contribution in [1.29, 1.82) is 5.41 Å². The average Bonchev–Trinajstić information content (AvgIpc) is 2.87. The number of para-hydroxylation sites is 2. The first-order chi connectivity index (χ1) is 10.1. The summed E-state index contributed by atoms with van der Waals surface area (Å²) in [6.07, 6.45) is 0. The quantitative estimate of drug-likeness (QED) is 0.393. The van der Waals surface area contributed by atoms with Gasteiger partial charge in [-0.2, -0.15) is 0 Å². The highest BCUT2D eigenvalue weighted by Gasteiger charge is 2.06. The van der Waals surface area contributed by atoms with Gasteiger partial charge in [0, 0.05) is 11.3 Å². The van der Waals surface area contributed by atoms with Gasteiger partial charge in [-0.25, -0.2) is 9.37 Å². The van der Waals surface area contributed by atoms with Crippen LogP contribution < -0.4 is 5.73 Å². The molecule has 0 bridgehead atoms. The maximum atomic E-state index is 13.5. The highest BCUT2D eigenvalue weighted by Crippen LogP contribution is 2.23. The second kappa shape index (κ2) is 5.57. The minimum atomic E-state index is -0.386. The van der Waals surface area contributed by atoms with Gasteiger partial charge in [0.05, 0.1) is 11.0 Å². The number of amidine groups is 1. The van der Waals surface area contributed by atoms with Crippen molar-refractivity contribution < 1.29 is 4.39 Å². The lowest BCUT2D eigenvalue weighted by atomic mass is 10.1. The zero-order valence-corrected chi connectivity index (χ0v) is 11.9. The van der Waals surface area contributed by atoms with Crippen LogP contribution in [0.1, 0.15) is 11.1 Å². The summed E-state index contributed by atoms with van der Waals surface area (Å²) in [5.41, 5.74) is 8.45. The fourth-order valence-corrected chi connectivity index (χ4v) is 2.85. The van der Waals surface area contributed by atoms with Gasteiger partial charge in [0.1, 0.15) is 11.7 Å². The van der Waals surface area contributed by atoms with Gasteiger partial charge in [-0.3, -0.25) is 5.41 Å². The SMILES string of the molecule is N=C(N)c1cc(F)cc(CSc2nc3ccccc3[nH]2)c1. The van der Waals surface area contributed by atoms with Crippen LogP contribution in [-0.2, 0) is 5.75 Å². The zero-order valence-electron chi connectivity index (χ0n) is 11.1. The van der Waals surface area contributed by atoms with Gasteiger partial charge < -0.3 is 10.7 Å². The van der Waals surface area contributed by atoms with E-state index in [1.807, 2.05) is 24.3 Å². The summed E-state index contributed by atoms with van der Waals surface area (Å²) in [7, 11) is 0. The largest absolute Gasteiger partial charge is 0.384 e. The first kappa shape index (κ1) is 13.6. The van der Waals surface area contributed by atoms with Crippen LogP contribution >= 0.6 is 11.8 Å². The number of nitrogen functional groups attached to an aromatic ring is 1. The number of halogens is 1. The standard InChI is InChI=1S/C15H13FN4S/c16-11-6-9(5-10(7-11)14(17)18)8-21-15-19-12-3-1-2-4-13(12)20-15/h1-7H,8H2,(H3,17,18)(H,19,20). The summed E-state index contributed by atoms with van der Waals surface area (Å²) in [6, 6.07) is 12.2. The number of fused-ring (bicyclic) bond motifs is 1. The third kappa shape index (κ3) is 3.05. The Hall–Kier alpha value is -2.34. The Bertz CT molecular complexity index is 779. The van der Waals surface area contributed by atoms with Gasteiger partial charge in [-0.05, 0) is 35.9 Å². The predicted molar refractivity (Wildman–Crippen MR) is 83.1 cm³/mol. The van der Waals surface area contributed by atoms with Crippen LogP contribution in [0.3, 0.4) is 0 Å². The van der Waals surface area contributed by atoms with E-state index in [1.54, 1.807) is 6.07 Å². The summed E-state index contributed by atoms with van der Waals surface area (Å²) in [6.45, 7) is 0. The number of nitrogens with two attached hydrogens (primary N) is 1. The van der Waals surface area contributed by atoms with Crippen LogP contribution in [0, 0.1) is 11.2 Å². The number of thioether (sulfide) groups is 1. The maximum absolute atomic E-state index is 13.5. The molecule has 0 fully saturated rings. The van der Waals surface area contributed by atoms with Crippen molar-refractivity contribution >= 4 is 28.6 Å². The summed E-state index contributed by atoms with van der Waals surface area (Å²) in [5, 5.41) is 8.17. The van der Waals surface area contributed by atoms with Gasteiger partial charge >= 0.3 is 0 Å². The van der Waals surface area contributed by atoms with E-state index >= 15 is 0 Å². The molecule has 4 nitrogen and oxygen atoms in total. The van der Waals surface area contributed by atoms with Crippen molar-refractivity contribution in [2.24, 2.45) is 5.73 Å². The summed E-state index contributed by atoms with van der Waals surface area (Å²) in [4.78, 5) is 7.66. The van der Waals surface area contributed by atoms with Crippen LogP contribution in [0.4, 0.5) is 4.39 Å². The monoisotopic (exact) mass is 300 g/mol. The van der Waals surface area contributed by atoms with Crippen molar-refractivity contribution in [2.75, 3.05) is 0 Å². The molecule has 1 aromatic heterocycles. The maximum Gasteiger partial charge on any atom is 0.166 e. The molecule has 6 heteroatoms. The summed E-state index contributed by atoms with van der Waals surface area (Å²) in [5.74, 6) is 0.0325. The molecule has 0 aliphatic rings. The molecule has 0 radical (unpaired) electrons. The van der Waals surface area contributed by atoms with Gasteiger partial charge in [0.15, 0.2) is 5.16 Å². The van der Waals surface area contributed by atoms with Gasteiger partial charge in [0.25, 0.3) is 0 Å². The Labute approximate surface area is 125 Å². The second-order valence-electron chi connectivity index (χ2n) is 4.61. The van der Waals surface area contributed by atoms with Crippen LogP contribution in [0.5, 0.6) is 0 Å². The van der Waals surface area contributed by atoms with Crippen molar-refractivity contribution in [3.8, 4) is 0 Å². The van der Waals surface area contributed by atoms with Crippen LogP contribution in [0.15, 0.2) is 47.6 Å². The molecule has 0 unspecified atom stereocenters. The van der Waals surface area contributed by atoms with Crippen molar-refractivity contribution in [1.82, 2.24) is 9.97 Å². The molecule has 4 N–H and O–H groups in total. The lowest BCUT2D eigenvalue weighted by molar-refractivity contribution is 0.626. The van der Waals surface area contributed by atoms with E-state index in [-0.39, 0.29) is 11.7 Å². The van der Waals surface area contributed by atoms with Gasteiger partial charge in [-0.15, -0.1) is 0 Å². The molecular weight excluding hydrogens is 287 g/mol. The first-order valence-corrected chi connectivity index (χ1v) is 7.32. The number of hydrogen-bond acceptors (Lipinski definition) is 3. The third-order valence-corrected chi connectivity index (χ3v) is 3.96. The lowest BCUT2D eigenvalue weighted by Crippen LogP contribution is -2.11. The molecule has 0 amide bonds. The molecule has 106 valence electrons. The Morgan fingerprint density at radius 1 is 1.29 bits per heavy atom. The molecular formula is C15H13FN4S. The predicted octanol–water partition coefficient (Wildman–Crippen LogP) is 3.28. The number of nitrogens with one attached hydrogen (secondary N) is 2. The molecule has 0 saturated carbocycles. The lowest BCUT2D eigenvalue weighted by Gasteiger charge is -2.04. The minimum absolute atomic E-state index is 0.135. The van der Waals surface area contributed by atoms with Crippen molar-refractivity contribution in [3.63, 3.8) is 0 Å². The normalized spacial score (nSPS) is 10.9. The van der Waals surface area contributed by atoms with Crippen molar-refractivity contribution in [3.05, 3.63) is 59.4 Å². The number of benzene rings is 2. The molecule has 0 saturated heterocycles. The molecule has 3 rings (SSSR count). The van der Waals surface area contributed by atoms with Crippen LogP contribution in [-0.4, -0.2) is 15.8 Å². The van der Waals surface area contributed by atoms with E-state index in [4.69, 9.17) is 11.1 Å². The highest BCUT2D eigenvalue weighted by atomic mass is 32.2. The molecule has 21 heavy (non-hydrogen) atoms. The van der Waals surface area contributed by atoms with E-state index in [1.165, 1.54) is 23.9 Å². The summed E-state index contributed by atoms with van der Waals surface area (Å²) < 4.78 is 13.5. The molecule has 0 aliphatic carbocycles. The van der Waals surface area contributed by atoms with E-state index in [9.17, 15) is 4.39 Å². The fraction of sp³-hybridized carbons (Fsp3) is 0.0667. The van der Waals surface area contributed by atoms with E-state index in [2.05, 4.69) is 9.97 Å². The third-order valence-electron chi connectivity index (χ3n) is 3.01. The minimum Gasteiger partial charge on any atom is -0.384 e. The van der Waals surface area contributed by atoms with Crippen LogP contribution in [0.25, 0.3) is 11.0 Å². The number of nitrogens with zero attached hydrogens (tertiary/aromatic N) is 1. The Kier molecular flexibility index (Phi) is 3.62. The molecule has 0 spiro atoms. The van der Waals surface area contributed by atoms with E-state index < -0.39 is 0 Å². The Balaban J connectivity index is 1.79. The van der Waals surface area contributed by atoms with E-state index in [0.717, 1.165) is 21.8 Å². The van der Waals surface area contributed by atoms with Crippen molar-refractivity contribution in [2.45, 2.75) is 10.9 Å². The molecule has 0 atom stereocenters. The molecule has 0 aliphatic heterocycles. The highest BCUT2D eigenvalue weighted by molar-refractivity contribution is 7.98. The number of H-pyrrole nitrogens is 1. The number of aromatic nitrogens is 2. The fourth-order valence-electron chi connectivity index (χ4n) is 2.04. The average molecular weight is 300 g/mol. The Morgan fingerprint density at radius 2 is 2.10 bits per heavy atom. The number of imidazole rings is 1. The number of rotatable bonds is 4. The first-order valence-electron chi connectivity index (χ1n) is 6.33. The van der Waals surface area contributed by atoms with E-state index in [0.29, 0.717) is 11.3 Å². The molecule has 2 aromatic carbocycles. The summed E-state index contributed by atoms with van der Waals surface area (Å²) >= 11 is 1.48. The molecule has 3 aromatic rings. The van der Waals surface area contributed by atoms with Gasteiger partial charge in [-0.1, -0.05) is 23.9 Å². The Morgan fingerprint density at radius 3 is 2.86 bits per heavy atom. The smallest absolute Gasteiger partial charge is 0.166 e. The van der Waals surface area contributed by atoms with Crippen LogP contribution in [0.2, 0.25) is 0 Å². The number of hydrogen-bond donors (Lipinski definition) is 3. The van der Waals surface area contributed by atoms with Gasteiger partial charge in [0.2, 0.25) is 0 Å². The zero-order chi connectivity index (χ0) is 14.8.